The Morgan fingerprint density at radius 3 is 2.62 bits per heavy atom. The molecule has 1 unspecified atom stereocenters. The second-order valence-corrected chi connectivity index (χ2v) is 5.82. The Balaban J connectivity index is 2.17. The van der Waals surface area contributed by atoms with Crippen LogP contribution in [0.5, 0.6) is 0 Å². The highest BCUT2D eigenvalue weighted by Crippen LogP contribution is 2.33. The molecule has 0 aliphatic carbocycles. The van der Waals surface area contributed by atoms with E-state index in [4.69, 9.17) is 34.8 Å². The van der Waals surface area contributed by atoms with Gasteiger partial charge in [-0.2, -0.15) is 0 Å². The maximum Gasteiger partial charge on any atom is 0.0648 e. The summed E-state index contributed by atoms with van der Waals surface area (Å²) in [6.07, 6.45) is 0.792. The Kier molecular flexibility index (Phi) is 4.15. The zero-order valence-electron chi connectivity index (χ0n) is 8.29. The van der Waals surface area contributed by atoms with Crippen molar-refractivity contribution in [3.8, 4) is 0 Å². The largest absolute Gasteiger partial charge is 0.149 e. The maximum atomic E-state index is 6.33. The van der Waals surface area contributed by atoms with Gasteiger partial charge >= 0.3 is 0 Å². The summed E-state index contributed by atoms with van der Waals surface area (Å²) >= 11 is 20.0. The van der Waals surface area contributed by atoms with E-state index in [1.807, 2.05) is 23.6 Å². The first-order valence-electron chi connectivity index (χ1n) is 4.78. The summed E-state index contributed by atoms with van der Waals surface area (Å²) in [7, 11) is 0. The van der Waals surface area contributed by atoms with E-state index in [9.17, 15) is 0 Å². The third-order valence-corrected chi connectivity index (χ3v) is 4.11. The van der Waals surface area contributed by atoms with Crippen molar-refractivity contribution in [1.82, 2.24) is 0 Å². The van der Waals surface area contributed by atoms with Crippen LogP contribution in [0.4, 0.5) is 0 Å². The maximum absolute atomic E-state index is 6.33. The van der Waals surface area contributed by atoms with E-state index in [0.29, 0.717) is 10.0 Å². The molecule has 2 rings (SSSR count). The van der Waals surface area contributed by atoms with Gasteiger partial charge in [0.2, 0.25) is 0 Å². The van der Waals surface area contributed by atoms with Crippen LogP contribution in [0.15, 0.2) is 35.7 Å². The molecule has 0 spiro atoms. The molecule has 0 fully saturated rings. The molecule has 0 N–H and O–H groups in total. The van der Waals surface area contributed by atoms with Crippen LogP contribution in [0.1, 0.15) is 15.8 Å². The predicted molar refractivity (Wildman–Crippen MR) is 73.1 cm³/mol. The van der Waals surface area contributed by atoms with Gasteiger partial charge in [-0.3, -0.25) is 0 Å². The topological polar surface area (TPSA) is 0 Å². The number of hydrogen-bond acceptors (Lipinski definition) is 1. The third-order valence-electron chi connectivity index (χ3n) is 2.26. The lowest BCUT2D eigenvalue weighted by Crippen LogP contribution is -1.95. The molecule has 84 valence electrons. The van der Waals surface area contributed by atoms with Gasteiger partial charge in [-0.25, -0.2) is 0 Å². The summed E-state index contributed by atoms with van der Waals surface area (Å²) in [6, 6.07) is 9.52. The average Bonchev–Trinajstić information content (AvgIpc) is 2.70. The molecule has 1 heterocycles. The summed E-state index contributed by atoms with van der Waals surface area (Å²) < 4.78 is 0. The fourth-order valence-electron chi connectivity index (χ4n) is 1.47. The van der Waals surface area contributed by atoms with Crippen molar-refractivity contribution in [2.75, 3.05) is 0 Å². The lowest BCUT2D eigenvalue weighted by Gasteiger charge is -2.10. The van der Waals surface area contributed by atoms with Gasteiger partial charge in [0, 0.05) is 21.3 Å². The minimum absolute atomic E-state index is 0.108. The van der Waals surface area contributed by atoms with Crippen molar-refractivity contribution >= 4 is 46.1 Å². The summed E-state index contributed by atoms with van der Waals surface area (Å²) in [5.41, 5.74) is 0.932. The van der Waals surface area contributed by atoms with E-state index in [2.05, 4.69) is 6.07 Å². The van der Waals surface area contributed by atoms with Crippen molar-refractivity contribution in [2.45, 2.75) is 11.8 Å². The predicted octanol–water partition coefficient (Wildman–Crippen LogP) is 5.58. The van der Waals surface area contributed by atoms with Crippen molar-refractivity contribution in [3.05, 3.63) is 56.2 Å². The van der Waals surface area contributed by atoms with Crippen molar-refractivity contribution < 1.29 is 0 Å². The molecule has 0 radical (unpaired) electrons. The Bertz CT molecular complexity index is 465. The SMILES string of the molecule is Clc1ccc(C(Cl)Cc2cccs2)c(Cl)c1. The van der Waals surface area contributed by atoms with Crippen molar-refractivity contribution in [3.63, 3.8) is 0 Å². The highest BCUT2D eigenvalue weighted by atomic mass is 35.5. The van der Waals surface area contributed by atoms with Crippen LogP contribution in [-0.2, 0) is 6.42 Å². The fourth-order valence-corrected chi connectivity index (χ4v) is 3.27. The van der Waals surface area contributed by atoms with E-state index in [1.54, 1.807) is 17.4 Å². The molecule has 0 saturated carbocycles. The highest BCUT2D eigenvalue weighted by molar-refractivity contribution is 7.09. The van der Waals surface area contributed by atoms with Gasteiger partial charge in [0.05, 0.1) is 5.38 Å². The summed E-state index contributed by atoms with van der Waals surface area (Å²) in [5.74, 6) is 0. The van der Waals surface area contributed by atoms with Gasteiger partial charge in [0.25, 0.3) is 0 Å². The van der Waals surface area contributed by atoms with Crippen LogP contribution in [0.25, 0.3) is 0 Å². The van der Waals surface area contributed by atoms with E-state index in [1.165, 1.54) is 4.88 Å². The summed E-state index contributed by atoms with van der Waals surface area (Å²) in [6.45, 7) is 0. The Morgan fingerprint density at radius 1 is 1.19 bits per heavy atom. The van der Waals surface area contributed by atoms with Gasteiger partial charge in [0.1, 0.15) is 0 Å². The third kappa shape index (κ3) is 2.92. The minimum Gasteiger partial charge on any atom is -0.149 e. The second kappa shape index (κ2) is 5.42. The molecule has 0 saturated heterocycles. The Labute approximate surface area is 114 Å². The van der Waals surface area contributed by atoms with Gasteiger partial charge in [-0.05, 0) is 29.1 Å². The number of rotatable bonds is 3. The standard InChI is InChI=1S/C12H9Cl3S/c13-8-3-4-10(11(14)6-8)12(15)7-9-2-1-5-16-9/h1-6,12H,7H2. The van der Waals surface area contributed by atoms with Crippen LogP contribution >= 0.6 is 46.1 Å². The lowest BCUT2D eigenvalue weighted by atomic mass is 10.1. The first-order valence-corrected chi connectivity index (χ1v) is 6.85. The van der Waals surface area contributed by atoms with Gasteiger partial charge in [-0.15, -0.1) is 22.9 Å². The van der Waals surface area contributed by atoms with E-state index >= 15 is 0 Å². The molecule has 1 aromatic carbocycles. The van der Waals surface area contributed by atoms with E-state index in [0.717, 1.165) is 12.0 Å². The molecule has 2 aromatic rings. The molecule has 4 heteroatoms. The molecule has 0 aliphatic rings. The molecule has 1 aromatic heterocycles. The highest BCUT2D eigenvalue weighted by Gasteiger charge is 2.13. The molecule has 0 bridgehead atoms. The average molecular weight is 292 g/mol. The Morgan fingerprint density at radius 2 is 2.00 bits per heavy atom. The zero-order chi connectivity index (χ0) is 11.5. The van der Waals surface area contributed by atoms with Crippen LogP contribution in [0, 0.1) is 0 Å². The smallest absolute Gasteiger partial charge is 0.0648 e. The molecule has 0 amide bonds. The van der Waals surface area contributed by atoms with Crippen LogP contribution < -0.4 is 0 Å². The van der Waals surface area contributed by atoms with Crippen molar-refractivity contribution in [1.29, 1.82) is 0 Å². The Hall–Kier alpha value is -0.210. The van der Waals surface area contributed by atoms with Gasteiger partial charge in [-0.1, -0.05) is 35.3 Å². The normalized spacial score (nSPS) is 12.7. The first-order chi connectivity index (χ1) is 7.66. The number of alkyl halides is 1. The molecule has 1 atom stereocenters. The van der Waals surface area contributed by atoms with Crippen LogP contribution in [-0.4, -0.2) is 0 Å². The minimum atomic E-state index is -0.108. The quantitative estimate of drug-likeness (QED) is 0.648. The zero-order valence-corrected chi connectivity index (χ0v) is 11.4. The number of halogens is 3. The molecule has 16 heavy (non-hydrogen) atoms. The molecular formula is C12H9Cl3S. The van der Waals surface area contributed by atoms with Gasteiger partial charge < -0.3 is 0 Å². The fraction of sp³-hybridized carbons (Fsp3) is 0.167. The second-order valence-electron chi connectivity index (χ2n) is 3.42. The van der Waals surface area contributed by atoms with Crippen LogP contribution in [0.2, 0.25) is 10.0 Å². The monoisotopic (exact) mass is 290 g/mol. The lowest BCUT2D eigenvalue weighted by molar-refractivity contribution is 0.938. The van der Waals surface area contributed by atoms with Gasteiger partial charge in [0.15, 0.2) is 0 Å². The number of hydrogen-bond donors (Lipinski definition) is 0. The summed E-state index contributed by atoms with van der Waals surface area (Å²) in [5, 5.41) is 3.20. The van der Waals surface area contributed by atoms with Crippen LogP contribution in [0.3, 0.4) is 0 Å². The molecule has 0 aliphatic heterocycles. The van der Waals surface area contributed by atoms with E-state index < -0.39 is 0 Å². The van der Waals surface area contributed by atoms with Crippen molar-refractivity contribution in [2.24, 2.45) is 0 Å². The molecule has 0 nitrogen and oxygen atoms in total. The molecular weight excluding hydrogens is 283 g/mol. The number of thiophene rings is 1. The summed E-state index contributed by atoms with van der Waals surface area (Å²) in [4.78, 5) is 1.26. The number of benzene rings is 1. The van der Waals surface area contributed by atoms with E-state index in [-0.39, 0.29) is 5.38 Å². The first kappa shape index (κ1) is 12.3.